The van der Waals surface area contributed by atoms with Gasteiger partial charge in [-0.1, -0.05) is 223 Å². The minimum atomic E-state index is 0. The highest BCUT2D eigenvalue weighted by Gasteiger charge is 2.20. The van der Waals surface area contributed by atoms with Crippen molar-refractivity contribution in [1.82, 2.24) is 0 Å². The molecule has 2 atom stereocenters. The average Bonchev–Trinajstić information content (AvgIpc) is 3.13. The van der Waals surface area contributed by atoms with E-state index in [0.29, 0.717) is 11.8 Å². The zero-order chi connectivity index (χ0) is 36.8. The normalized spacial score (nSPS) is 14.8. The van der Waals surface area contributed by atoms with Gasteiger partial charge in [0.25, 0.3) is 0 Å². The molecule has 0 saturated carbocycles. The lowest BCUT2D eigenvalue weighted by atomic mass is 9.79. The van der Waals surface area contributed by atoms with E-state index in [9.17, 15) is 0 Å². The molecule has 0 amide bonds. The van der Waals surface area contributed by atoms with Crippen LogP contribution in [0.25, 0.3) is 17.2 Å². The molecule has 0 heteroatoms. The predicted octanol–water partition coefficient (Wildman–Crippen LogP) is 17.5. The molecule has 2 unspecified atom stereocenters. The first kappa shape index (κ1) is 50.3. The summed E-state index contributed by atoms with van der Waals surface area (Å²) in [4.78, 5) is 0. The minimum Gasteiger partial charge on any atom is -0.0946 e. The van der Waals surface area contributed by atoms with Crippen LogP contribution in [0, 0.1) is 33.6 Å². The Kier molecular flexibility index (Phi) is 23.2. The molecular formula is C55H76. The van der Waals surface area contributed by atoms with E-state index >= 15 is 0 Å². The molecule has 0 bridgehead atoms. The van der Waals surface area contributed by atoms with E-state index in [4.69, 9.17) is 0 Å². The van der Waals surface area contributed by atoms with Crippen LogP contribution in [0.2, 0.25) is 0 Å². The molecule has 2 aliphatic carbocycles. The third kappa shape index (κ3) is 15.5. The SMILES string of the molecule is C.C.C.C.C=C(c1ccc(C)cc1)C1CC=C(C)C=C1CCC.CC1=CCCC=C1.Cc1ccc(C(C)/C(=C\c2ccc(C)cc2C)c2ccccc2)cc1. The highest BCUT2D eigenvalue weighted by Crippen LogP contribution is 2.37. The first-order chi connectivity index (χ1) is 24.5. The molecule has 0 N–H and O–H groups in total. The molecule has 0 aromatic heterocycles. The van der Waals surface area contributed by atoms with Crippen molar-refractivity contribution >= 4 is 17.2 Å². The highest BCUT2D eigenvalue weighted by atomic mass is 14.2. The number of hydrogen-bond acceptors (Lipinski definition) is 0. The van der Waals surface area contributed by atoms with Crippen LogP contribution in [0.4, 0.5) is 0 Å². The summed E-state index contributed by atoms with van der Waals surface area (Å²) in [5, 5.41) is 0. The zero-order valence-electron chi connectivity index (χ0n) is 32.6. The predicted molar refractivity (Wildman–Crippen MR) is 254 cm³/mol. The number of aryl methyl sites for hydroxylation is 4. The van der Waals surface area contributed by atoms with Crippen LogP contribution in [0.1, 0.15) is 140 Å². The molecular weight excluding hydrogens is 661 g/mol. The highest BCUT2D eigenvalue weighted by molar-refractivity contribution is 5.85. The molecule has 55 heavy (non-hydrogen) atoms. The molecule has 0 fully saturated rings. The van der Waals surface area contributed by atoms with Gasteiger partial charge in [0, 0.05) is 11.8 Å². The van der Waals surface area contributed by atoms with Crippen LogP contribution < -0.4 is 0 Å². The second-order valence-corrected chi connectivity index (χ2v) is 14.5. The Bertz CT molecular complexity index is 1870. The van der Waals surface area contributed by atoms with Crippen molar-refractivity contribution in [3.05, 3.63) is 195 Å². The molecule has 2 aliphatic rings. The largest absolute Gasteiger partial charge is 0.0946 e. The fourth-order valence-electron chi connectivity index (χ4n) is 6.80. The average molecular weight is 737 g/mol. The standard InChI is InChI=1S/C25H26.C19H24.C7H10.4CH4/c1-18-10-13-22(14-11-18)21(4)25(23-8-6-5-7-9-23)17-24-15-12-19(2)16-20(24)3;1-5-6-18-13-15(3)9-12-19(18)16(4)17-10-7-14(2)8-11-17;1-7-5-3-2-4-6-7;;;;/h5-17,21H,1-4H3;7-11,13,19H,4-6,12H2,1-3H3;3,5-6H,2,4H2,1H3;4*1H4/b25-17+;;;;;;. The topological polar surface area (TPSA) is 0 Å². The van der Waals surface area contributed by atoms with Crippen molar-refractivity contribution in [1.29, 1.82) is 0 Å². The van der Waals surface area contributed by atoms with E-state index in [0.717, 1.165) is 6.42 Å². The van der Waals surface area contributed by atoms with Crippen molar-refractivity contribution < 1.29 is 0 Å². The maximum Gasteiger partial charge on any atom is 0.00861 e. The summed E-state index contributed by atoms with van der Waals surface area (Å²) in [6, 6.07) is 35.1. The second-order valence-electron chi connectivity index (χ2n) is 14.5. The van der Waals surface area contributed by atoms with Gasteiger partial charge in [-0.15, -0.1) is 0 Å². The van der Waals surface area contributed by atoms with Crippen LogP contribution in [-0.2, 0) is 0 Å². The summed E-state index contributed by atoms with van der Waals surface area (Å²) < 4.78 is 0. The van der Waals surface area contributed by atoms with E-state index in [2.05, 4.69) is 195 Å². The summed E-state index contributed by atoms with van der Waals surface area (Å²) >= 11 is 0. The molecule has 6 rings (SSSR count). The van der Waals surface area contributed by atoms with Crippen molar-refractivity contribution in [2.45, 2.75) is 123 Å². The van der Waals surface area contributed by atoms with Crippen molar-refractivity contribution in [3.63, 3.8) is 0 Å². The Morgan fingerprint density at radius 3 is 1.82 bits per heavy atom. The van der Waals surface area contributed by atoms with E-state index in [1.54, 1.807) is 5.57 Å². The first-order valence-corrected chi connectivity index (χ1v) is 18.9. The summed E-state index contributed by atoms with van der Waals surface area (Å²) in [5.74, 6) is 0.829. The lowest BCUT2D eigenvalue weighted by Crippen LogP contribution is -2.09. The van der Waals surface area contributed by atoms with Gasteiger partial charge in [-0.3, -0.25) is 0 Å². The van der Waals surface area contributed by atoms with Gasteiger partial charge in [0.15, 0.2) is 0 Å². The maximum absolute atomic E-state index is 4.37. The molecule has 0 aliphatic heterocycles. The maximum atomic E-state index is 4.37. The Hall–Kier alpha value is -4.68. The number of allylic oxidation sites excluding steroid dienone is 10. The zero-order valence-corrected chi connectivity index (χ0v) is 32.6. The Balaban J connectivity index is 0.000000865. The lowest BCUT2D eigenvalue weighted by Gasteiger charge is -2.25. The molecule has 0 nitrogen and oxygen atoms in total. The van der Waals surface area contributed by atoms with Gasteiger partial charge in [-0.2, -0.15) is 0 Å². The number of benzene rings is 4. The molecule has 4 aromatic carbocycles. The smallest absolute Gasteiger partial charge is 0.00861 e. The van der Waals surface area contributed by atoms with Gasteiger partial charge in [0.05, 0.1) is 0 Å². The molecule has 0 saturated heterocycles. The molecule has 0 radical (unpaired) electrons. The number of hydrogen-bond donors (Lipinski definition) is 0. The molecule has 0 spiro atoms. The lowest BCUT2D eigenvalue weighted by molar-refractivity contribution is 0.711. The summed E-state index contributed by atoms with van der Waals surface area (Å²) in [6.07, 6.45) is 19.7. The van der Waals surface area contributed by atoms with Crippen molar-refractivity contribution in [2.75, 3.05) is 0 Å². The van der Waals surface area contributed by atoms with Gasteiger partial charge in [-0.25, -0.2) is 0 Å². The second kappa shape index (κ2) is 25.4. The van der Waals surface area contributed by atoms with Crippen LogP contribution in [0.3, 0.4) is 0 Å². The molecule has 0 heterocycles. The third-order valence-corrected chi connectivity index (χ3v) is 9.99. The third-order valence-electron chi connectivity index (χ3n) is 9.99. The summed E-state index contributed by atoms with van der Waals surface area (Å²) in [7, 11) is 0. The Morgan fingerprint density at radius 2 is 1.29 bits per heavy atom. The van der Waals surface area contributed by atoms with Gasteiger partial charge in [0.2, 0.25) is 0 Å². The first-order valence-electron chi connectivity index (χ1n) is 18.9. The van der Waals surface area contributed by atoms with Crippen LogP contribution in [0.5, 0.6) is 0 Å². The number of rotatable bonds is 8. The van der Waals surface area contributed by atoms with Crippen molar-refractivity contribution in [3.8, 4) is 0 Å². The fourth-order valence-corrected chi connectivity index (χ4v) is 6.80. The van der Waals surface area contributed by atoms with Gasteiger partial charge in [-0.05, 0) is 106 Å². The van der Waals surface area contributed by atoms with Crippen LogP contribution in [-0.4, -0.2) is 0 Å². The monoisotopic (exact) mass is 737 g/mol. The van der Waals surface area contributed by atoms with Gasteiger partial charge < -0.3 is 0 Å². The Labute approximate surface area is 340 Å². The summed E-state index contributed by atoms with van der Waals surface area (Å²) in [6.45, 7) is 21.8. The van der Waals surface area contributed by atoms with Gasteiger partial charge in [0.1, 0.15) is 0 Å². The van der Waals surface area contributed by atoms with E-state index in [-0.39, 0.29) is 29.7 Å². The van der Waals surface area contributed by atoms with Crippen LogP contribution >= 0.6 is 0 Å². The molecule has 4 aromatic rings. The van der Waals surface area contributed by atoms with E-state index in [1.165, 1.54) is 92.5 Å². The minimum absolute atomic E-state index is 0. The fraction of sp³-hybridized carbons (Fsp3) is 0.345. The van der Waals surface area contributed by atoms with Crippen LogP contribution in [0.15, 0.2) is 151 Å². The van der Waals surface area contributed by atoms with Crippen molar-refractivity contribution in [2.24, 2.45) is 5.92 Å². The van der Waals surface area contributed by atoms with E-state index < -0.39 is 0 Å². The quantitative estimate of drug-likeness (QED) is 0.158. The van der Waals surface area contributed by atoms with Gasteiger partial charge >= 0.3 is 0 Å². The molecule has 296 valence electrons. The van der Waals surface area contributed by atoms with E-state index in [1.807, 2.05) is 0 Å². The Morgan fingerprint density at radius 1 is 0.691 bits per heavy atom. The summed E-state index contributed by atoms with van der Waals surface area (Å²) in [5.41, 5.74) is 17.4.